The van der Waals surface area contributed by atoms with Crippen molar-refractivity contribution < 1.29 is 49.0 Å². The molecule has 45 heavy (non-hydrogen) atoms. The van der Waals surface area contributed by atoms with Crippen LogP contribution < -0.4 is 10.5 Å². The van der Waals surface area contributed by atoms with Crippen molar-refractivity contribution in [1.82, 2.24) is 0 Å². The van der Waals surface area contributed by atoms with Gasteiger partial charge < -0.3 is 40.4 Å². The summed E-state index contributed by atoms with van der Waals surface area (Å²) in [6.45, 7) is 1.62. The number of aliphatic hydroxyl groups is 2. The fraction of sp³-hybridized carbons (Fsp3) is 0.364. The highest BCUT2D eigenvalue weighted by atomic mass is 32.2. The average molecular weight is 636 g/mol. The number of fused-ring (bicyclic) bond motifs is 3. The number of Topliss-reactive ketones (excluding diaryl/α,β-unsaturated/α-hetero) is 1. The summed E-state index contributed by atoms with van der Waals surface area (Å²) in [7, 11) is 1.34. The number of phenolic OH excluding ortho intramolecular Hbond substituents is 2. The molecule has 0 saturated carbocycles. The van der Waals surface area contributed by atoms with Crippen molar-refractivity contribution in [2.45, 2.75) is 67.3 Å². The topological polar surface area (TPSA) is 186 Å². The first-order chi connectivity index (χ1) is 21.4. The first-order valence-electron chi connectivity index (χ1n) is 14.5. The quantitative estimate of drug-likeness (QED) is 0.148. The van der Waals surface area contributed by atoms with Crippen LogP contribution in [0.4, 0.5) is 0 Å². The Morgan fingerprint density at radius 2 is 1.76 bits per heavy atom. The minimum absolute atomic E-state index is 0.0205. The highest BCUT2D eigenvalue weighted by Crippen LogP contribution is 2.52. The number of rotatable bonds is 7. The van der Waals surface area contributed by atoms with Gasteiger partial charge in [0.25, 0.3) is 0 Å². The van der Waals surface area contributed by atoms with Crippen LogP contribution in [0.1, 0.15) is 68.8 Å². The van der Waals surface area contributed by atoms with Crippen LogP contribution >= 0.6 is 11.8 Å². The molecule has 1 saturated heterocycles. The maximum atomic E-state index is 13.8. The van der Waals surface area contributed by atoms with Gasteiger partial charge in [-0.2, -0.15) is 0 Å². The highest BCUT2D eigenvalue weighted by Gasteiger charge is 2.50. The third kappa shape index (κ3) is 5.31. The lowest BCUT2D eigenvalue weighted by atomic mass is 9.72. The summed E-state index contributed by atoms with van der Waals surface area (Å²) >= 11 is 1.22. The average Bonchev–Trinajstić information content (AvgIpc) is 3.02. The van der Waals surface area contributed by atoms with E-state index >= 15 is 0 Å². The Balaban J connectivity index is 1.45. The van der Waals surface area contributed by atoms with Gasteiger partial charge in [-0.25, -0.2) is 0 Å². The van der Waals surface area contributed by atoms with E-state index in [0.717, 1.165) is 4.90 Å². The van der Waals surface area contributed by atoms with Gasteiger partial charge in [0.15, 0.2) is 17.9 Å². The first kappa shape index (κ1) is 31.2. The standard InChI is InChI=1S/C33H33NO10S/c1-15-28(36)19(34)11-23(43-15)44-21-13-33(41,22(35)14-45-16-7-4-3-5-8-16)12-18-25(21)32(40)27-26(30(18)38)29(37)17-9-6-10-20(42-2)24(17)31(27)39/h3-10,15,19,21,23,28,36,38,40-41H,11-14,34H2,1-2H3/t15-,19-,21-,23+,28-,33+/m1/s1. The van der Waals surface area contributed by atoms with Crippen molar-refractivity contribution in [2.75, 3.05) is 12.9 Å². The second-order valence-electron chi connectivity index (χ2n) is 11.6. The lowest BCUT2D eigenvalue weighted by molar-refractivity contribution is -0.247. The summed E-state index contributed by atoms with van der Waals surface area (Å²) in [4.78, 5) is 42.0. The molecule has 11 nitrogen and oxygen atoms in total. The number of ketones is 3. The predicted octanol–water partition coefficient (Wildman–Crippen LogP) is 2.80. The second kappa shape index (κ2) is 11.9. The zero-order valence-corrected chi connectivity index (χ0v) is 25.4. The van der Waals surface area contributed by atoms with Crippen LogP contribution in [0.2, 0.25) is 0 Å². The van der Waals surface area contributed by atoms with Gasteiger partial charge in [0, 0.05) is 46.9 Å². The van der Waals surface area contributed by atoms with Crippen LogP contribution in [0.15, 0.2) is 53.4 Å². The summed E-state index contributed by atoms with van der Waals surface area (Å²) < 4.78 is 17.4. The molecule has 0 aromatic heterocycles. The zero-order valence-electron chi connectivity index (χ0n) is 24.6. The van der Waals surface area contributed by atoms with Crippen molar-refractivity contribution in [3.8, 4) is 17.2 Å². The number of benzene rings is 3. The van der Waals surface area contributed by atoms with Crippen molar-refractivity contribution >= 4 is 29.1 Å². The lowest BCUT2D eigenvalue weighted by Gasteiger charge is -2.42. The van der Waals surface area contributed by atoms with E-state index in [1.54, 1.807) is 6.92 Å². The van der Waals surface area contributed by atoms with Gasteiger partial charge in [-0.15, -0.1) is 11.8 Å². The Labute approximate surface area is 262 Å². The third-order valence-electron chi connectivity index (χ3n) is 8.77. The molecular formula is C33H33NO10S. The van der Waals surface area contributed by atoms with E-state index in [4.69, 9.17) is 19.9 Å². The second-order valence-corrected chi connectivity index (χ2v) is 12.7. The Bertz CT molecular complexity index is 1680. The first-order valence-corrected chi connectivity index (χ1v) is 15.5. The van der Waals surface area contributed by atoms with E-state index in [0.29, 0.717) is 0 Å². The number of hydrogen-bond donors (Lipinski definition) is 5. The Hall–Kier alpha value is -3.78. The molecule has 0 radical (unpaired) electrons. The van der Waals surface area contributed by atoms with Gasteiger partial charge in [0.2, 0.25) is 5.78 Å². The minimum Gasteiger partial charge on any atom is -0.507 e. The molecule has 6 N–H and O–H groups in total. The van der Waals surface area contributed by atoms with E-state index in [9.17, 15) is 34.8 Å². The molecule has 6 atom stereocenters. The summed E-state index contributed by atoms with van der Waals surface area (Å²) in [6.07, 6.45) is -4.72. The Kier molecular flexibility index (Phi) is 8.23. The van der Waals surface area contributed by atoms with Crippen LogP contribution in [0.5, 0.6) is 17.2 Å². The van der Waals surface area contributed by atoms with E-state index in [1.165, 1.54) is 37.1 Å². The maximum Gasteiger partial charge on any atom is 0.202 e. The molecule has 236 valence electrons. The van der Waals surface area contributed by atoms with Crippen LogP contribution in [0, 0.1) is 0 Å². The number of carbonyl (C=O) groups is 3. The van der Waals surface area contributed by atoms with Gasteiger partial charge in [-0.3, -0.25) is 14.4 Å². The van der Waals surface area contributed by atoms with Crippen LogP contribution in [0.3, 0.4) is 0 Å². The monoisotopic (exact) mass is 635 g/mol. The third-order valence-corrected chi connectivity index (χ3v) is 9.79. The maximum absolute atomic E-state index is 13.8. The molecule has 3 aromatic rings. The largest absolute Gasteiger partial charge is 0.507 e. The summed E-state index contributed by atoms with van der Waals surface area (Å²) in [5.41, 5.74) is 2.95. The summed E-state index contributed by atoms with van der Waals surface area (Å²) in [5.74, 6) is -3.27. The minimum atomic E-state index is -2.08. The van der Waals surface area contributed by atoms with Crippen molar-refractivity contribution in [3.05, 3.63) is 81.9 Å². The summed E-state index contributed by atoms with van der Waals surface area (Å²) in [5, 5.41) is 45.5. The number of phenols is 2. The van der Waals surface area contributed by atoms with E-state index in [1.807, 2.05) is 30.3 Å². The zero-order chi connectivity index (χ0) is 32.2. The molecule has 0 amide bonds. The fourth-order valence-electron chi connectivity index (χ4n) is 6.40. The van der Waals surface area contributed by atoms with Crippen molar-refractivity contribution in [1.29, 1.82) is 0 Å². The molecule has 3 aromatic carbocycles. The number of nitrogens with two attached hydrogens (primary N) is 1. The van der Waals surface area contributed by atoms with E-state index in [-0.39, 0.29) is 46.6 Å². The number of carbonyl (C=O) groups excluding carboxylic acids is 3. The molecule has 12 heteroatoms. The molecule has 0 bridgehead atoms. The van der Waals surface area contributed by atoms with Crippen molar-refractivity contribution in [2.24, 2.45) is 5.73 Å². The fourth-order valence-corrected chi connectivity index (χ4v) is 7.32. The molecule has 1 aliphatic heterocycles. The number of thioether (sulfide) groups is 1. The molecule has 3 aliphatic rings. The van der Waals surface area contributed by atoms with E-state index < -0.39 is 82.6 Å². The van der Waals surface area contributed by atoms with Gasteiger partial charge >= 0.3 is 0 Å². The Morgan fingerprint density at radius 3 is 2.44 bits per heavy atom. The smallest absolute Gasteiger partial charge is 0.202 e. The molecule has 0 unspecified atom stereocenters. The van der Waals surface area contributed by atoms with Crippen LogP contribution in [0.25, 0.3) is 0 Å². The number of ether oxygens (including phenoxy) is 3. The number of hydrogen-bond acceptors (Lipinski definition) is 12. The highest BCUT2D eigenvalue weighted by molar-refractivity contribution is 8.00. The summed E-state index contributed by atoms with van der Waals surface area (Å²) in [6, 6.07) is 12.9. The number of aliphatic hydroxyl groups excluding tert-OH is 1. The molecule has 2 aliphatic carbocycles. The normalized spacial score (nSPS) is 27.4. The van der Waals surface area contributed by atoms with Gasteiger partial charge in [0.1, 0.15) is 22.8 Å². The van der Waals surface area contributed by atoms with E-state index in [2.05, 4.69) is 0 Å². The molecule has 0 spiro atoms. The number of aromatic hydroxyl groups is 2. The lowest BCUT2D eigenvalue weighted by Crippen LogP contribution is -2.52. The predicted molar refractivity (Wildman–Crippen MR) is 162 cm³/mol. The van der Waals surface area contributed by atoms with Gasteiger partial charge in [-0.05, 0) is 25.1 Å². The SMILES string of the molecule is COc1cccc2c1C(=O)c1c(O)c3c(c(O)c1C2=O)C[C@@](O)(C(=O)CSc1ccccc1)C[C@H]3O[C@H]1C[C@@H](N)[C@H](O)[C@@H](C)O1. The molecule has 6 rings (SSSR count). The molecule has 1 heterocycles. The Morgan fingerprint density at radius 1 is 1.04 bits per heavy atom. The van der Waals surface area contributed by atoms with Gasteiger partial charge in [-0.1, -0.05) is 30.3 Å². The molecular weight excluding hydrogens is 602 g/mol. The van der Waals surface area contributed by atoms with Crippen LogP contribution in [-0.4, -0.2) is 80.8 Å². The van der Waals surface area contributed by atoms with Gasteiger partial charge in [0.05, 0.1) is 47.9 Å². The van der Waals surface area contributed by atoms with Crippen LogP contribution in [-0.2, 0) is 20.7 Å². The van der Waals surface area contributed by atoms with Crippen molar-refractivity contribution in [3.63, 3.8) is 0 Å². The molecule has 1 fully saturated rings. The number of methoxy groups -OCH3 is 1.